The number of amides is 1. The zero-order valence-corrected chi connectivity index (χ0v) is 16.3. The van der Waals surface area contributed by atoms with Gasteiger partial charge in [-0.1, -0.05) is 24.3 Å². The number of hydrogen-bond donors (Lipinski definition) is 2. The van der Waals surface area contributed by atoms with Gasteiger partial charge in [-0.15, -0.1) is 24.2 Å². The Labute approximate surface area is 164 Å². The molecule has 26 heavy (non-hydrogen) atoms. The summed E-state index contributed by atoms with van der Waals surface area (Å²) in [6.45, 7) is 1.23. The highest BCUT2D eigenvalue weighted by atomic mass is 35.5. The first-order chi connectivity index (χ1) is 12.0. The largest absolute Gasteiger partial charge is 0.508 e. The van der Waals surface area contributed by atoms with Crippen molar-refractivity contribution in [2.24, 2.45) is 0 Å². The van der Waals surface area contributed by atoms with E-state index in [2.05, 4.69) is 0 Å². The van der Waals surface area contributed by atoms with E-state index in [1.54, 1.807) is 29.2 Å². The van der Waals surface area contributed by atoms with Gasteiger partial charge in [0.15, 0.2) is 0 Å². The molecule has 2 unspecified atom stereocenters. The number of phenols is 1. The van der Waals surface area contributed by atoms with Crippen LogP contribution in [0.25, 0.3) is 0 Å². The van der Waals surface area contributed by atoms with Crippen molar-refractivity contribution in [1.82, 2.24) is 4.90 Å². The van der Waals surface area contributed by atoms with Gasteiger partial charge in [0, 0.05) is 18.0 Å². The first kappa shape index (κ1) is 20.6. The number of halogens is 1. The average Bonchev–Trinajstić information content (AvgIpc) is 2.70. The van der Waals surface area contributed by atoms with Gasteiger partial charge in [0.05, 0.1) is 10.9 Å². The highest BCUT2D eigenvalue weighted by molar-refractivity contribution is 7.99. The topological polar surface area (TPSA) is 64.0 Å². The zero-order chi connectivity index (χ0) is 18.0. The third kappa shape index (κ3) is 4.32. The van der Waals surface area contributed by atoms with Crippen LogP contribution < -0.4 is 4.90 Å². The Hall–Kier alpha value is -1.73. The molecular formula is C19H23ClN2O3S. The fourth-order valence-electron chi connectivity index (χ4n) is 2.83. The van der Waals surface area contributed by atoms with Crippen LogP contribution in [0.5, 0.6) is 5.75 Å². The van der Waals surface area contributed by atoms with E-state index >= 15 is 0 Å². The highest BCUT2D eigenvalue weighted by Crippen LogP contribution is 2.45. The van der Waals surface area contributed by atoms with Crippen molar-refractivity contribution in [2.45, 2.75) is 16.2 Å². The van der Waals surface area contributed by atoms with Crippen LogP contribution >= 0.6 is 24.2 Å². The van der Waals surface area contributed by atoms with E-state index in [0.29, 0.717) is 13.1 Å². The minimum atomic E-state index is -1.15. The number of thioether (sulfide) groups is 1. The summed E-state index contributed by atoms with van der Waals surface area (Å²) >= 11 is 1.48. The molecule has 1 amide bonds. The molecule has 0 saturated heterocycles. The molecule has 2 aromatic rings. The van der Waals surface area contributed by atoms with Crippen molar-refractivity contribution in [2.75, 3.05) is 32.1 Å². The van der Waals surface area contributed by atoms with Crippen LogP contribution in [0.3, 0.4) is 0 Å². The second-order valence-corrected chi connectivity index (χ2v) is 7.52. The number of phenolic OH excluding ortho intramolecular Hbond substituents is 1. The van der Waals surface area contributed by atoms with E-state index in [1.165, 1.54) is 11.8 Å². The predicted molar refractivity (Wildman–Crippen MR) is 107 cm³/mol. The maximum Gasteiger partial charge on any atom is 0.257 e. The molecule has 0 aliphatic carbocycles. The predicted octanol–water partition coefficient (Wildman–Crippen LogP) is 2.92. The third-order valence-corrected chi connectivity index (χ3v) is 5.59. The number of rotatable bonds is 4. The number of para-hydroxylation sites is 1. The van der Waals surface area contributed by atoms with E-state index in [4.69, 9.17) is 0 Å². The van der Waals surface area contributed by atoms with E-state index in [0.717, 1.165) is 16.1 Å². The van der Waals surface area contributed by atoms with Crippen molar-refractivity contribution in [3.05, 3.63) is 54.1 Å². The van der Waals surface area contributed by atoms with Gasteiger partial charge in [-0.25, -0.2) is 0 Å². The summed E-state index contributed by atoms with van der Waals surface area (Å²) in [6, 6.07) is 14.4. The number of carbonyl (C=O) groups excluding carboxylic acids is 1. The number of anilines is 1. The van der Waals surface area contributed by atoms with Gasteiger partial charge >= 0.3 is 0 Å². The lowest BCUT2D eigenvalue weighted by Gasteiger charge is -2.26. The average molecular weight is 395 g/mol. The Kier molecular flexibility index (Phi) is 6.94. The molecule has 2 atom stereocenters. The van der Waals surface area contributed by atoms with E-state index in [9.17, 15) is 15.0 Å². The zero-order valence-electron chi connectivity index (χ0n) is 14.7. The molecule has 0 spiro atoms. The van der Waals surface area contributed by atoms with Crippen LogP contribution in [0, 0.1) is 0 Å². The second-order valence-electron chi connectivity index (χ2n) is 6.34. The van der Waals surface area contributed by atoms with Gasteiger partial charge in [0.25, 0.3) is 5.91 Å². The van der Waals surface area contributed by atoms with E-state index in [1.807, 2.05) is 43.3 Å². The highest BCUT2D eigenvalue weighted by Gasteiger charge is 2.37. The van der Waals surface area contributed by atoms with Crippen molar-refractivity contribution >= 4 is 35.8 Å². The van der Waals surface area contributed by atoms with Gasteiger partial charge in [-0.3, -0.25) is 4.79 Å². The van der Waals surface area contributed by atoms with Crippen molar-refractivity contribution in [3.63, 3.8) is 0 Å². The number of hydrogen-bond acceptors (Lipinski definition) is 5. The number of fused-ring (bicyclic) bond motifs is 1. The number of aliphatic hydroxyl groups excluding tert-OH is 1. The molecular weight excluding hydrogens is 372 g/mol. The molecule has 1 aliphatic rings. The molecule has 0 radical (unpaired) electrons. The summed E-state index contributed by atoms with van der Waals surface area (Å²) in [4.78, 5) is 17.6. The summed E-state index contributed by atoms with van der Waals surface area (Å²) in [7, 11) is 3.91. The number of benzene rings is 2. The molecule has 5 nitrogen and oxygen atoms in total. The fraction of sp³-hybridized carbons (Fsp3) is 0.316. The molecule has 2 aromatic carbocycles. The minimum Gasteiger partial charge on any atom is -0.508 e. The maximum atomic E-state index is 13.0. The first-order valence-corrected chi connectivity index (χ1v) is 9.04. The van der Waals surface area contributed by atoms with Gasteiger partial charge in [-0.2, -0.15) is 0 Å². The molecule has 2 N–H and O–H groups in total. The Morgan fingerprint density at radius 2 is 1.77 bits per heavy atom. The minimum absolute atomic E-state index is 0. The van der Waals surface area contributed by atoms with E-state index < -0.39 is 11.4 Å². The van der Waals surface area contributed by atoms with Crippen LogP contribution in [0.1, 0.15) is 10.8 Å². The Morgan fingerprint density at radius 1 is 1.12 bits per heavy atom. The SMILES string of the molecule is CN(C)CCN1C(=O)C(O)C(c2ccc(O)cc2)Sc2ccccc21.Cl. The number of carbonyl (C=O) groups is 1. The summed E-state index contributed by atoms with van der Waals surface area (Å²) in [5.74, 6) is -0.131. The van der Waals surface area contributed by atoms with E-state index in [-0.39, 0.29) is 24.1 Å². The normalized spacial score (nSPS) is 19.7. The first-order valence-electron chi connectivity index (χ1n) is 8.16. The molecule has 0 aromatic heterocycles. The van der Waals surface area contributed by atoms with Crippen LogP contribution in [0.4, 0.5) is 5.69 Å². The van der Waals surface area contributed by atoms with Crippen molar-refractivity contribution in [1.29, 1.82) is 0 Å². The quantitative estimate of drug-likeness (QED) is 0.834. The smallest absolute Gasteiger partial charge is 0.257 e. The van der Waals surface area contributed by atoms with Gasteiger partial charge < -0.3 is 20.0 Å². The Bertz CT molecular complexity index is 755. The van der Waals surface area contributed by atoms with Crippen LogP contribution in [0.2, 0.25) is 0 Å². The van der Waals surface area contributed by atoms with Crippen LogP contribution in [-0.2, 0) is 4.79 Å². The molecule has 140 valence electrons. The Morgan fingerprint density at radius 3 is 2.42 bits per heavy atom. The number of likely N-dealkylation sites (N-methyl/N-ethyl adjacent to an activating group) is 1. The van der Waals surface area contributed by atoms with Gasteiger partial charge in [0.1, 0.15) is 11.9 Å². The number of aromatic hydroxyl groups is 1. The lowest BCUT2D eigenvalue weighted by molar-refractivity contribution is -0.126. The lowest BCUT2D eigenvalue weighted by atomic mass is 10.1. The van der Waals surface area contributed by atoms with Gasteiger partial charge in [-0.05, 0) is 43.9 Å². The third-order valence-electron chi connectivity index (χ3n) is 4.21. The molecule has 0 saturated carbocycles. The van der Waals surface area contributed by atoms with Crippen molar-refractivity contribution < 1.29 is 15.0 Å². The lowest BCUT2D eigenvalue weighted by Crippen LogP contribution is -2.43. The summed E-state index contributed by atoms with van der Waals surface area (Å²) in [5, 5.41) is 19.8. The molecule has 0 fully saturated rings. The molecule has 3 rings (SSSR count). The maximum absolute atomic E-state index is 13.0. The number of aliphatic hydroxyl groups is 1. The van der Waals surface area contributed by atoms with Gasteiger partial charge in [0.2, 0.25) is 0 Å². The molecule has 7 heteroatoms. The number of nitrogens with zero attached hydrogens (tertiary/aromatic N) is 2. The standard InChI is InChI=1S/C19H22N2O3S.ClH/c1-20(2)11-12-21-15-5-3-4-6-16(15)25-18(17(23)19(21)24)13-7-9-14(22)10-8-13;/h3-10,17-18,22-23H,11-12H2,1-2H3;1H. The molecule has 1 heterocycles. The Balaban J connectivity index is 0.00000243. The fourth-order valence-corrected chi connectivity index (χ4v) is 4.10. The monoisotopic (exact) mass is 394 g/mol. The summed E-state index contributed by atoms with van der Waals surface area (Å²) < 4.78 is 0. The molecule has 0 bridgehead atoms. The van der Waals surface area contributed by atoms with Crippen LogP contribution in [-0.4, -0.2) is 54.3 Å². The molecule has 1 aliphatic heterocycles. The summed E-state index contributed by atoms with van der Waals surface area (Å²) in [6.07, 6.45) is -1.15. The van der Waals surface area contributed by atoms with Crippen molar-refractivity contribution in [3.8, 4) is 5.75 Å². The van der Waals surface area contributed by atoms with Crippen LogP contribution in [0.15, 0.2) is 53.4 Å². The second kappa shape index (κ2) is 8.77. The summed E-state index contributed by atoms with van der Waals surface area (Å²) in [5.41, 5.74) is 1.65.